The first-order valence-electron chi connectivity index (χ1n) is 6.50. The van der Waals surface area contributed by atoms with E-state index in [9.17, 15) is 8.42 Å². The van der Waals surface area contributed by atoms with Crippen LogP contribution in [0.15, 0.2) is 27.6 Å². The van der Waals surface area contributed by atoms with Crippen molar-refractivity contribution in [3.05, 3.63) is 22.7 Å². The van der Waals surface area contributed by atoms with Gasteiger partial charge in [0.15, 0.2) is 0 Å². The molecule has 2 N–H and O–H groups in total. The summed E-state index contributed by atoms with van der Waals surface area (Å²) in [5, 5.41) is 9.09. The third-order valence-electron chi connectivity index (χ3n) is 2.71. The third-order valence-corrected chi connectivity index (χ3v) is 4.88. The van der Waals surface area contributed by atoms with Crippen molar-refractivity contribution in [2.45, 2.75) is 37.6 Å². The van der Waals surface area contributed by atoms with Crippen molar-refractivity contribution in [2.24, 2.45) is 0 Å². The first-order valence-corrected chi connectivity index (χ1v) is 8.77. The summed E-state index contributed by atoms with van der Waals surface area (Å²) in [7, 11) is -3.66. The van der Waals surface area contributed by atoms with E-state index in [1.165, 1.54) is 12.1 Å². The minimum Gasteiger partial charge on any atom is -0.492 e. The van der Waals surface area contributed by atoms with Crippen molar-refractivity contribution >= 4 is 26.0 Å². The molecule has 114 valence electrons. The van der Waals surface area contributed by atoms with Gasteiger partial charge in [-0.15, -0.1) is 0 Å². The molecule has 20 heavy (non-hydrogen) atoms. The van der Waals surface area contributed by atoms with Crippen molar-refractivity contribution < 1.29 is 18.3 Å². The normalized spacial score (nSPS) is 13.2. The maximum atomic E-state index is 12.2. The largest absolute Gasteiger partial charge is 0.492 e. The van der Waals surface area contributed by atoms with Crippen molar-refractivity contribution in [1.82, 2.24) is 4.72 Å². The number of sulfonamides is 1. The molecular formula is C13H20BrNO4S. The molecule has 0 aliphatic carbocycles. The minimum absolute atomic E-state index is 0.124. The number of benzene rings is 1. The zero-order chi connectivity index (χ0) is 15.2. The molecule has 0 fully saturated rings. The zero-order valence-corrected chi connectivity index (χ0v) is 14.0. The monoisotopic (exact) mass is 365 g/mol. The van der Waals surface area contributed by atoms with Crippen LogP contribution in [-0.4, -0.2) is 32.8 Å². The molecule has 1 atom stereocenters. The van der Waals surface area contributed by atoms with E-state index in [2.05, 4.69) is 20.7 Å². The lowest BCUT2D eigenvalue weighted by Crippen LogP contribution is -2.36. The van der Waals surface area contributed by atoms with Gasteiger partial charge in [-0.25, -0.2) is 13.1 Å². The van der Waals surface area contributed by atoms with E-state index in [-0.39, 0.29) is 11.5 Å². The molecule has 0 aliphatic heterocycles. The van der Waals surface area contributed by atoms with Crippen LogP contribution in [0.4, 0.5) is 0 Å². The number of nitrogens with one attached hydrogen (secondary N) is 1. The van der Waals surface area contributed by atoms with Gasteiger partial charge in [-0.1, -0.05) is 13.8 Å². The average Bonchev–Trinajstić information content (AvgIpc) is 2.43. The second-order valence-corrected chi connectivity index (χ2v) is 6.92. The second-order valence-electron chi connectivity index (χ2n) is 4.35. The Bertz CT molecular complexity index is 529. The fourth-order valence-electron chi connectivity index (χ4n) is 1.51. The topological polar surface area (TPSA) is 75.6 Å². The van der Waals surface area contributed by atoms with E-state index in [4.69, 9.17) is 9.84 Å². The van der Waals surface area contributed by atoms with Crippen molar-refractivity contribution in [2.75, 3.05) is 13.2 Å². The van der Waals surface area contributed by atoms with Gasteiger partial charge in [-0.05, 0) is 40.9 Å². The third kappa shape index (κ3) is 4.73. The fraction of sp³-hybridized carbons (Fsp3) is 0.538. The van der Waals surface area contributed by atoms with Gasteiger partial charge in [0.05, 0.1) is 22.6 Å². The van der Waals surface area contributed by atoms with Gasteiger partial charge in [0.2, 0.25) is 10.0 Å². The van der Waals surface area contributed by atoms with E-state index in [1.807, 2.05) is 6.92 Å². The number of hydrogen-bond donors (Lipinski definition) is 2. The Kier molecular flexibility index (Phi) is 6.94. The highest BCUT2D eigenvalue weighted by Crippen LogP contribution is 2.28. The second kappa shape index (κ2) is 7.97. The molecule has 0 aliphatic rings. The van der Waals surface area contributed by atoms with Gasteiger partial charge < -0.3 is 9.84 Å². The van der Waals surface area contributed by atoms with Crippen LogP contribution in [0, 0.1) is 0 Å². The summed E-state index contributed by atoms with van der Waals surface area (Å²) < 4.78 is 33.1. The van der Waals surface area contributed by atoms with Gasteiger partial charge in [-0.3, -0.25) is 0 Å². The van der Waals surface area contributed by atoms with Crippen molar-refractivity contribution in [3.63, 3.8) is 0 Å². The lowest BCUT2D eigenvalue weighted by molar-refractivity contribution is 0.254. The summed E-state index contributed by atoms with van der Waals surface area (Å²) in [6, 6.07) is 4.13. The average molecular weight is 366 g/mol. The van der Waals surface area contributed by atoms with Gasteiger partial charge in [0, 0.05) is 12.1 Å². The van der Waals surface area contributed by atoms with Gasteiger partial charge >= 0.3 is 0 Å². The van der Waals surface area contributed by atoms with Gasteiger partial charge in [0.25, 0.3) is 0 Å². The van der Waals surface area contributed by atoms with Crippen LogP contribution < -0.4 is 9.46 Å². The Morgan fingerprint density at radius 3 is 2.65 bits per heavy atom. The van der Waals surface area contributed by atoms with Gasteiger partial charge in [-0.2, -0.15) is 0 Å². The molecule has 0 aromatic heterocycles. The highest BCUT2D eigenvalue weighted by atomic mass is 79.9. The predicted octanol–water partition coefficient (Wildman–Crippen LogP) is 2.29. The Morgan fingerprint density at radius 1 is 1.40 bits per heavy atom. The predicted molar refractivity (Wildman–Crippen MR) is 81.4 cm³/mol. The number of aliphatic hydroxyl groups is 1. The summed E-state index contributed by atoms with van der Waals surface area (Å²) in [4.78, 5) is 0.124. The van der Waals surface area contributed by atoms with Crippen LogP contribution in [0.2, 0.25) is 0 Å². The number of rotatable bonds is 8. The molecule has 0 spiro atoms. The molecule has 1 aromatic carbocycles. The summed E-state index contributed by atoms with van der Waals surface area (Å²) in [6.07, 6.45) is 1.36. The van der Waals surface area contributed by atoms with Crippen molar-refractivity contribution in [1.29, 1.82) is 0 Å². The Morgan fingerprint density at radius 2 is 2.10 bits per heavy atom. The van der Waals surface area contributed by atoms with Gasteiger partial charge in [0.1, 0.15) is 5.75 Å². The number of halogens is 1. The zero-order valence-electron chi connectivity index (χ0n) is 11.6. The standard InChI is InChI=1S/C13H20BrNO4S/c1-3-7-19-13-8-11(5-6-12(13)14)20(17,18)15-10(4-2)9-16/h5-6,8,10,15-16H,3-4,7,9H2,1-2H3/t10-/m1/s1. The number of aliphatic hydroxyl groups excluding tert-OH is 1. The first-order chi connectivity index (χ1) is 9.44. The number of hydrogen-bond acceptors (Lipinski definition) is 4. The number of ether oxygens (including phenoxy) is 1. The van der Waals surface area contributed by atoms with E-state index < -0.39 is 16.1 Å². The van der Waals surface area contributed by atoms with Crippen LogP contribution in [0.25, 0.3) is 0 Å². The summed E-state index contributed by atoms with van der Waals surface area (Å²) in [5.74, 6) is 0.492. The fourth-order valence-corrected chi connectivity index (χ4v) is 3.20. The Balaban J connectivity index is 3.00. The lowest BCUT2D eigenvalue weighted by atomic mass is 10.3. The van der Waals surface area contributed by atoms with Crippen LogP contribution in [0.1, 0.15) is 26.7 Å². The van der Waals surface area contributed by atoms with Crippen LogP contribution in [0.5, 0.6) is 5.75 Å². The van der Waals surface area contributed by atoms with Crippen molar-refractivity contribution in [3.8, 4) is 5.75 Å². The molecule has 0 unspecified atom stereocenters. The summed E-state index contributed by atoms with van der Waals surface area (Å²) >= 11 is 3.33. The minimum atomic E-state index is -3.66. The van der Waals surface area contributed by atoms with Crippen LogP contribution in [-0.2, 0) is 10.0 Å². The molecule has 1 rings (SSSR count). The first kappa shape index (κ1) is 17.4. The van der Waals surface area contributed by atoms with Crippen LogP contribution >= 0.6 is 15.9 Å². The maximum absolute atomic E-state index is 12.2. The van der Waals surface area contributed by atoms with E-state index in [0.29, 0.717) is 23.2 Å². The molecule has 0 amide bonds. The molecule has 7 heteroatoms. The molecule has 0 saturated heterocycles. The highest BCUT2D eigenvalue weighted by Gasteiger charge is 2.19. The Labute approximate surface area is 128 Å². The smallest absolute Gasteiger partial charge is 0.241 e. The maximum Gasteiger partial charge on any atom is 0.241 e. The molecule has 0 bridgehead atoms. The summed E-state index contributed by atoms with van der Waals surface area (Å²) in [6.45, 7) is 4.07. The molecule has 0 heterocycles. The molecule has 5 nitrogen and oxygen atoms in total. The Hall–Kier alpha value is -0.630. The van der Waals surface area contributed by atoms with Crippen LogP contribution in [0.3, 0.4) is 0 Å². The van der Waals surface area contributed by atoms with E-state index in [1.54, 1.807) is 13.0 Å². The van der Waals surface area contributed by atoms with E-state index >= 15 is 0 Å². The molecule has 0 saturated carbocycles. The quantitative estimate of drug-likeness (QED) is 0.740. The molecule has 1 aromatic rings. The highest BCUT2D eigenvalue weighted by molar-refractivity contribution is 9.10. The van der Waals surface area contributed by atoms with E-state index in [0.717, 1.165) is 6.42 Å². The molecule has 0 radical (unpaired) electrons. The lowest BCUT2D eigenvalue weighted by Gasteiger charge is -2.15. The SMILES string of the molecule is CCCOc1cc(S(=O)(=O)N[C@H](CC)CO)ccc1Br. The summed E-state index contributed by atoms with van der Waals surface area (Å²) in [5.41, 5.74) is 0. The molecular weight excluding hydrogens is 346 g/mol.